The molecule has 32 heavy (non-hydrogen) atoms. The topological polar surface area (TPSA) is 59.8 Å². The first-order valence-corrected chi connectivity index (χ1v) is 11.9. The van der Waals surface area contributed by atoms with Gasteiger partial charge in [0.25, 0.3) is 5.91 Å². The predicted octanol–water partition coefficient (Wildman–Crippen LogP) is 7.49. The van der Waals surface area contributed by atoms with Gasteiger partial charge in [-0.25, -0.2) is 9.67 Å². The van der Waals surface area contributed by atoms with E-state index in [2.05, 4.69) is 61.1 Å². The first kappa shape index (κ1) is 22.7. The average molecular weight is 575 g/mol. The minimum absolute atomic E-state index is 0.0792. The van der Waals surface area contributed by atoms with E-state index in [4.69, 9.17) is 11.6 Å². The number of anilines is 1. The molecule has 4 aromatic rings. The Labute approximate surface area is 208 Å². The number of aromatic nitrogens is 3. The Balaban J connectivity index is 1.75. The number of hydrogen-bond acceptors (Lipinski definition) is 3. The molecule has 1 heterocycles. The van der Waals surface area contributed by atoms with Crippen LogP contribution >= 0.6 is 43.5 Å². The molecule has 1 N–H and O–H groups in total. The van der Waals surface area contributed by atoms with Crippen LogP contribution in [0, 0.1) is 0 Å². The first-order valence-electron chi connectivity index (χ1n) is 9.91. The molecule has 0 spiro atoms. The summed E-state index contributed by atoms with van der Waals surface area (Å²) >= 11 is 13.0. The van der Waals surface area contributed by atoms with E-state index in [0.29, 0.717) is 10.8 Å². The highest BCUT2D eigenvalue weighted by molar-refractivity contribution is 9.10. The summed E-state index contributed by atoms with van der Waals surface area (Å²) in [4.78, 5) is 17.7. The average Bonchev–Trinajstić information content (AvgIpc) is 3.21. The zero-order chi connectivity index (χ0) is 22.8. The van der Waals surface area contributed by atoms with E-state index < -0.39 is 0 Å². The third-order valence-corrected chi connectivity index (χ3v) is 6.14. The number of rotatable bonds is 5. The number of benzene rings is 3. The Morgan fingerprint density at radius 2 is 1.62 bits per heavy atom. The van der Waals surface area contributed by atoms with Crippen molar-refractivity contribution in [3.8, 4) is 17.1 Å². The lowest BCUT2D eigenvalue weighted by Gasteiger charge is -2.13. The van der Waals surface area contributed by atoms with Gasteiger partial charge in [-0.3, -0.25) is 4.79 Å². The number of amides is 1. The van der Waals surface area contributed by atoms with Gasteiger partial charge in [-0.1, -0.05) is 69.4 Å². The quantitative estimate of drug-likeness (QED) is 0.269. The lowest BCUT2D eigenvalue weighted by molar-refractivity contribution is 0.101. The van der Waals surface area contributed by atoms with Crippen molar-refractivity contribution in [2.75, 3.05) is 5.32 Å². The van der Waals surface area contributed by atoms with Crippen molar-refractivity contribution in [3.63, 3.8) is 0 Å². The van der Waals surface area contributed by atoms with Gasteiger partial charge >= 0.3 is 0 Å². The van der Waals surface area contributed by atoms with Crippen molar-refractivity contribution < 1.29 is 4.79 Å². The molecule has 0 fully saturated rings. The van der Waals surface area contributed by atoms with Crippen LogP contribution < -0.4 is 5.32 Å². The summed E-state index contributed by atoms with van der Waals surface area (Å²) in [6.07, 6.45) is 0. The number of carbonyl (C=O) groups excluding carboxylic acids is 1. The maximum Gasteiger partial charge on any atom is 0.295 e. The van der Waals surface area contributed by atoms with Gasteiger partial charge in [0.15, 0.2) is 5.82 Å². The fourth-order valence-corrected chi connectivity index (χ4v) is 4.03. The van der Waals surface area contributed by atoms with Crippen molar-refractivity contribution in [3.05, 3.63) is 92.1 Å². The third kappa shape index (κ3) is 4.95. The monoisotopic (exact) mass is 572 g/mol. The molecule has 0 aliphatic heterocycles. The van der Waals surface area contributed by atoms with Crippen LogP contribution in [0.5, 0.6) is 0 Å². The number of halogens is 3. The van der Waals surface area contributed by atoms with Crippen LogP contribution in [0.1, 0.15) is 35.9 Å². The largest absolute Gasteiger partial charge is 0.319 e. The fraction of sp³-hybridized carbons (Fsp3) is 0.125. The molecule has 4 rings (SSSR count). The van der Waals surface area contributed by atoms with E-state index in [1.165, 1.54) is 0 Å². The summed E-state index contributed by atoms with van der Waals surface area (Å²) in [5, 5.41) is 8.12. The van der Waals surface area contributed by atoms with Gasteiger partial charge in [0.2, 0.25) is 5.82 Å². The number of hydrogen-bond donors (Lipinski definition) is 1. The molecule has 5 nitrogen and oxygen atoms in total. The second kappa shape index (κ2) is 9.57. The minimum Gasteiger partial charge on any atom is -0.319 e. The normalized spacial score (nSPS) is 11.1. The molecular weight excluding hydrogens is 556 g/mol. The van der Waals surface area contributed by atoms with Gasteiger partial charge in [-0.15, -0.1) is 5.10 Å². The molecule has 0 radical (unpaired) electrons. The predicted molar refractivity (Wildman–Crippen MR) is 136 cm³/mol. The van der Waals surface area contributed by atoms with E-state index in [9.17, 15) is 4.79 Å². The van der Waals surface area contributed by atoms with E-state index in [-0.39, 0.29) is 17.6 Å². The molecule has 8 heteroatoms. The molecule has 162 valence electrons. The van der Waals surface area contributed by atoms with Crippen molar-refractivity contribution in [1.82, 2.24) is 14.8 Å². The lowest BCUT2D eigenvalue weighted by atomic mass is 10.0. The molecule has 1 aromatic heterocycles. The molecule has 0 aliphatic rings. The van der Waals surface area contributed by atoms with Crippen molar-refractivity contribution in [1.29, 1.82) is 0 Å². The number of carbonyl (C=O) groups is 1. The first-order chi connectivity index (χ1) is 15.3. The summed E-state index contributed by atoms with van der Waals surface area (Å²) in [7, 11) is 0. The van der Waals surface area contributed by atoms with E-state index >= 15 is 0 Å². The Morgan fingerprint density at radius 3 is 2.28 bits per heavy atom. The minimum atomic E-state index is -0.375. The van der Waals surface area contributed by atoms with Gasteiger partial charge in [-0.05, 0) is 66.1 Å². The van der Waals surface area contributed by atoms with Crippen LogP contribution in [0.25, 0.3) is 17.1 Å². The van der Waals surface area contributed by atoms with Crippen LogP contribution in [-0.4, -0.2) is 20.7 Å². The molecule has 0 bridgehead atoms. The Morgan fingerprint density at radius 1 is 0.969 bits per heavy atom. The Bertz CT molecular complexity index is 1210. The highest BCUT2D eigenvalue weighted by atomic mass is 79.9. The molecule has 0 aliphatic carbocycles. The zero-order valence-corrected chi connectivity index (χ0v) is 21.2. The van der Waals surface area contributed by atoms with Gasteiger partial charge in [-0.2, -0.15) is 0 Å². The van der Waals surface area contributed by atoms with Crippen LogP contribution in [0.2, 0.25) is 5.02 Å². The number of nitrogens with one attached hydrogen (secondary N) is 1. The molecule has 0 saturated heterocycles. The molecule has 0 unspecified atom stereocenters. The summed E-state index contributed by atoms with van der Waals surface area (Å²) in [6, 6.07) is 20.7. The maximum absolute atomic E-state index is 13.1. The summed E-state index contributed by atoms with van der Waals surface area (Å²) < 4.78 is 3.56. The van der Waals surface area contributed by atoms with E-state index in [1.54, 1.807) is 16.8 Å². The van der Waals surface area contributed by atoms with Crippen molar-refractivity contribution in [2.24, 2.45) is 0 Å². The summed E-state index contributed by atoms with van der Waals surface area (Å²) in [6.45, 7) is 4.16. The molecule has 0 saturated carbocycles. The SMILES string of the molecule is CC(C)c1cc(Br)ccc1NC(=O)c1nc(-c2ccc(Br)cc2)n(-c2ccc(Cl)cc2)n1. The van der Waals surface area contributed by atoms with Gasteiger partial charge in [0.1, 0.15) is 0 Å². The second-order valence-corrected chi connectivity index (χ2v) is 9.76. The zero-order valence-electron chi connectivity index (χ0n) is 17.3. The highest BCUT2D eigenvalue weighted by Gasteiger charge is 2.20. The molecule has 1 amide bonds. The standard InChI is InChI=1S/C24H19Br2ClN4O/c1-14(2)20-13-17(26)7-12-21(20)28-24(32)22-29-23(15-3-5-16(25)6-4-15)31(30-22)19-10-8-18(27)9-11-19/h3-14H,1-2H3,(H,28,32). The molecular formula is C24H19Br2ClN4O. The second-order valence-electron chi connectivity index (χ2n) is 7.49. The summed E-state index contributed by atoms with van der Waals surface area (Å²) in [5.41, 5.74) is 3.35. The van der Waals surface area contributed by atoms with Gasteiger partial charge in [0.05, 0.1) is 5.69 Å². The van der Waals surface area contributed by atoms with Crippen LogP contribution in [-0.2, 0) is 0 Å². The van der Waals surface area contributed by atoms with E-state index in [0.717, 1.165) is 31.4 Å². The van der Waals surface area contributed by atoms with Crippen LogP contribution in [0.4, 0.5) is 5.69 Å². The lowest BCUT2D eigenvalue weighted by Crippen LogP contribution is -2.16. The summed E-state index contributed by atoms with van der Waals surface area (Å²) in [5.74, 6) is 0.501. The van der Waals surface area contributed by atoms with E-state index in [1.807, 2.05) is 54.6 Å². The van der Waals surface area contributed by atoms with Crippen molar-refractivity contribution >= 4 is 55.1 Å². The third-order valence-electron chi connectivity index (χ3n) is 4.87. The van der Waals surface area contributed by atoms with Crippen LogP contribution in [0.3, 0.4) is 0 Å². The molecule has 3 aromatic carbocycles. The van der Waals surface area contributed by atoms with Gasteiger partial charge < -0.3 is 5.32 Å². The molecule has 0 atom stereocenters. The Hall–Kier alpha value is -2.48. The Kier molecular flexibility index (Phi) is 6.79. The van der Waals surface area contributed by atoms with Crippen LogP contribution in [0.15, 0.2) is 75.7 Å². The smallest absolute Gasteiger partial charge is 0.295 e. The maximum atomic E-state index is 13.1. The highest BCUT2D eigenvalue weighted by Crippen LogP contribution is 2.29. The number of nitrogens with zero attached hydrogens (tertiary/aromatic N) is 3. The van der Waals surface area contributed by atoms with Crippen molar-refractivity contribution in [2.45, 2.75) is 19.8 Å². The fourth-order valence-electron chi connectivity index (χ4n) is 3.26. The van der Waals surface area contributed by atoms with Gasteiger partial charge in [0, 0.05) is 25.2 Å².